The second-order valence-corrected chi connectivity index (χ2v) is 5.21. The van der Waals surface area contributed by atoms with Crippen molar-refractivity contribution in [1.82, 2.24) is 10.9 Å². The van der Waals surface area contributed by atoms with Crippen LogP contribution in [0.25, 0.3) is 0 Å². The molecule has 1 aromatic carbocycles. The highest BCUT2D eigenvalue weighted by Crippen LogP contribution is 2.40. The second-order valence-electron chi connectivity index (χ2n) is 5.21. The van der Waals surface area contributed by atoms with Gasteiger partial charge in [0, 0.05) is 12.5 Å². The summed E-state index contributed by atoms with van der Waals surface area (Å²) in [5, 5.41) is 2.93. The number of hydrogen-bond acceptors (Lipinski definition) is 4. The molecule has 0 aromatic heterocycles. The number of alkyl halides is 2. The number of carbonyl (C=O) groups excluding carboxylic acids is 1. The summed E-state index contributed by atoms with van der Waals surface area (Å²) in [7, 11) is 0. The molecule has 0 unspecified atom stereocenters. The number of amides is 1. The summed E-state index contributed by atoms with van der Waals surface area (Å²) in [4.78, 5) is 15.1. The van der Waals surface area contributed by atoms with Gasteiger partial charge in [0.05, 0.1) is 16.9 Å². The molecule has 1 aliphatic heterocycles. The SMILES string of the molecule is CC(=O)NNC1=Nc2c(cc(F)cc2C(F)F)NC1(C)C. The smallest absolute Gasteiger partial charge is 0.266 e. The minimum absolute atomic E-state index is 0.0430. The monoisotopic (exact) mass is 300 g/mol. The van der Waals surface area contributed by atoms with E-state index in [4.69, 9.17) is 0 Å². The van der Waals surface area contributed by atoms with Crippen molar-refractivity contribution < 1.29 is 18.0 Å². The second kappa shape index (κ2) is 5.27. The van der Waals surface area contributed by atoms with Crippen LogP contribution >= 0.6 is 0 Å². The Morgan fingerprint density at radius 3 is 2.62 bits per heavy atom. The summed E-state index contributed by atoms with van der Waals surface area (Å²) in [6.07, 6.45) is -2.86. The molecule has 1 amide bonds. The first-order valence-electron chi connectivity index (χ1n) is 6.22. The maximum Gasteiger partial charge on any atom is 0.266 e. The van der Waals surface area contributed by atoms with E-state index < -0.39 is 23.3 Å². The largest absolute Gasteiger partial charge is 0.371 e. The molecule has 1 aliphatic rings. The average molecular weight is 300 g/mol. The predicted octanol–water partition coefficient (Wildman–Crippen LogP) is 2.64. The molecule has 0 saturated heterocycles. The lowest BCUT2D eigenvalue weighted by atomic mass is 9.99. The maximum absolute atomic E-state index is 13.4. The highest BCUT2D eigenvalue weighted by molar-refractivity contribution is 6.00. The van der Waals surface area contributed by atoms with Crippen molar-refractivity contribution in [3.8, 4) is 0 Å². The van der Waals surface area contributed by atoms with Gasteiger partial charge in [-0.05, 0) is 26.0 Å². The van der Waals surface area contributed by atoms with Crippen LogP contribution in [0.15, 0.2) is 17.1 Å². The molecule has 0 atom stereocenters. The number of nitrogens with zero attached hydrogens (tertiary/aromatic N) is 1. The van der Waals surface area contributed by atoms with E-state index in [1.807, 2.05) is 0 Å². The number of aliphatic imine (C=N–C) groups is 1. The van der Waals surface area contributed by atoms with Crippen LogP contribution < -0.4 is 16.2 Å². The minimum atomic E-state index is -2.86. The van der Waals surface area contributed by atoms with Gasteiger partial charge in [-0.1, -0.05) is 0 Å². The van der Waals surface area contributed by atoms with Crippen molar-refractivity contribution in [3.63, 3.8) is 0 Å². The molecule has 0 fully saturated rings. The first kappa shape index (κ1) is 15.1. The molecule has 1 heterocycles. The van der Waals surface area contributed by atoms with Gasteiger partial charge in [-0.25, -0.2) is 18.2 Å². The lowest BCUT2D eigenvalue weighted by Gasteiger charge is -2.34. The molecular formula is C13H15F3N4O. The third-order valence-corrected chi connectivity index (χ3v) is 2.96. The molecule has 8 heteroatoms. The van der Waals surface area contributed by atoms with Crippen LogP contribution in [0, 0.1) is 5.82 Å². The van der Waals surface area contributed by atoms with Gasteiger partial charge in [-0.15, -0.1) is 0 Å². The lowest BCUT2D eigenvalue weighted by Crippen LogP contribution is -2.54. The fraction of sp³-hybridized carbons (Fsp3) is 0.385. The average Bonchev–Trinajstić information content (AvgIpc) is 2.33. The Balaban J connectivity index is 2.50. The van der Waals surface area contributed by atoms with Crippen molar-refractivity contribution in [2.45, 2.75) is 32.7 Å². The fourth-order valence-electron chi connectivity index (χ4n) is 1.99. The zero-order valence-corrected chi connectivity index (χ0v) is 11.7. The van der Waals surface area contributed by atoms with Gasteiger partial charge >= 0.3 is 0 Å². The number of rotatable bonds is 1. The van der Waals surface area contributed by atoms with E-state index in [9.17, 15) is 18.0 Å². The molecule has 0 bridgehead atoms. The maximum atomic E-state index is 13.4. The number of carbonyl (C=O) groups is 1. The standard InChI is InChI=1S/C13H15F3N4O/c1-6(21)19-20-12-13(2,3)18-9-5-7(14)4-8(11(15)16)10(9)17-12/h4-5,11,18H,1-3H3,(H,17,20)(H,19,21). The highest BCUT2D eigenvalue weighted by atomic mass is 19.3. The lowest BCUT2D eigenvalue weighted by molar-refractivity contribution is -0.119. The molecule has 2 rings (SSSR count). The topological polar surface area (TPSA) is 65.5 Å². The highest BCUT2D eigenvalue weighted by Gasteiger charge is 2.33. The third kappa shape index (κ3) is 3.09. The molecule has 3 N–H and O–H groups in total. The Bertz CT molecular complexity index is 614. The van der Waals surface area contributed by atoms with Gasteiger partial charge < -0.3 is 5.32 Å². The number of anilines is 1. The quantitative estimate of drug-likeness (QED) is 0.699. The first-order valence-corrected chi connectivity index (χ1v) is 6.22. The van der Waals surface area contributed by atoms with Crippen LogP contribution in [-0.4, -0.2) is 17.3 Å². The summed E-state index contributed by atoms with van der Waals surface area (Å²) >= 11 is 0. The van der Waals surface area contributed by atoms with Crippen LogP contribution in [0.5, 0.6) is 0 Å². The zero-order valence-electron chi connectivity index (χ0n) is 11.7. The van der Waals surface area contributed by atoms with Crippen molar-refractivity contribution in [1.29, 1.82) is 0 Å². The molecule has 1 aromatic rings. The van der Waals surface area contributed by atoms with Crippen LogP contribution in [0.1, 0.15) is 32.8 Å². The molecule has 0 aliphatic carbocycles. The Labute approximate surface area is 119 Å². The first-order chi connectivity index (χ1) is 9.70. The van der Waals surface area contributed by atoms with E-state index in [1.54, 1.807) is 13.8 Å². The van der Waals surface area contributed by atoms with Crippen LogP contribution in [0.2, 0.25) is 0 Å². The number of nitrogens with one attached hydrogen (secondary N) is 3. The summed E-state index contributed by atoms with van der Waals surface area (Å²) < 4.78 is 39.5. The number of fused-ring (bicyclic) bond motifs is 1. The van der Waals surface area contributed by atoms with Crippen molar-refractivity contribution in [2.24, 2.45) is 4.99 Å². The Morgan fingerprint density at radius 1 is 1.38 bits per heavy atom. The minimum Gasteiger partial charge on any atom is -0.371 e. The third-order valence-electron chi connectivity index (χ3n) is 2.96. The van der Waals surface area contributed by atoms with Gasteiger partial charge in [0.1, 0.15) is 11.7 Å². The van der Waals surface area contributed by atoms with Crippen molar-refractivity contribution in [3.05, 3.63) is 23.5 Å². The number of benzene rings is 1. The number of amidine groups is 1. The molecule has 0 saturated carbocycles. The molecule has 21 heavy (non-hydrogen) atoms. The number of hydrogen-bond donors (Lipinski definition) is 3. The summed E-state index contributed by atoms with van der Waals surface area (Å²) in [5.74, 6) is -0.869. The fourth-order valence-corrected chi connectivity index (χ4v) is 1.99. The van der Waals surface area contributed by atoms with E-state index in [0.29, 0.717) is 0 Å². The van der Waals surface area contributed by atoms with Gasteiger partial charge in [0.15, 0.2) is 0 Å². The number of halogens is 3. The van der Waals surface area contributed by atoms with Crippen LogP contribution in [0.3, 0.4) is 0 Å². The van der Waals surface area contributed by atoms with Crippen LogP contribution in [0.4, 0.5) is 24.5 Å². The van der Waals surface area contributed by atoms with Crippen molar-refractivity contribution in [2.75, 3.05) is 5.32 Å². The molecule has 114 valence electrons. The van der Waals surface area contributed by atoms with Gasteiger partial charge in [-0.2, -0.15) is 0 Å². The molecule has 5 nitrogen and oxygen atoms in total. The van der Waals surface area contributed by atoms with E-state index in [2.05, 4.69) is 21.2 Å². The number of hydrazine groups is 1. The summed E-state index contributed by atoms with van der Waals surface area (Å²) in [6.45, 7) is 4.73. The van der Waals surface area contributed by atoms with E-state index in [1.165, 1.54) is 6.92 Å². The zero-order chi connectivity index (χ0) is 15.8. The Morgan fingerprint density at radius 2 is 2.05 bits per heavy atom. The molecule has 0 spiro atoms. The molecular weight excluding hydrogens is 285 g/mol. The van der Waals surface area contributed by atoms with E-state index in [-0.39, 0.29) is 23.1 Å². The Kier molecular flexibility index (Phi) is 3.80. The van der Waals surface area contributed by atoms with Crippen molar-refractivity contribution >= 4 is 23.1 Å². The normalized spacial score (nSPS) is 15.9. The predicted molar refractivity (Wildman–Crippen MR) is 73.1 cm³/mol. The summed E-state index contributed by atoms with van der Waals surface area (Å²) in [5.41, 5.74) is 3.77. The van der Waals surface area contributed by atoms with Gasteiger partial charge in [0.2, 0.25) is 5.91 Å². The van der Waals surface area contributed by atoms with Gasteiger partial charge in [0.25, 0.3) is 6.43 Å². The van der Waals surface area contributed by atoms with E-state index in [0.717, 1.165) is 12.1 Å². The molecule has 0 radical (unpaired) electrons. The summed E-state index contributed by atoms with van der Waals surface area (Å²) in [6, 6.07) is 1.87. The van der Waals surface area contributed by atoms with Gasteiger partial charge in [-0.3, -0.25) is 15.6 Å². The van der Waals surface area contributed by atoms with Crippen LogP contribution in [-0.2, 0) is 4.79 Å². The van der Waals surface area contributed by atoms with E-state index >= 15 is 0 Å². The Hall–Kier alpha value is -2.25.